The van der Waals surface area contributed by atoms with Gasteiger partial charge >= 0.3 is 5.69 Å². The molecule has 0 N–H and O–H groups in total. The first-order valence-electron chi connectivity index (χ1n) is 7.82. The van der Waals surface area contributed by atoms with E-state index in [-0.39, 0.29) is 5.69 Å². The van der Waals surface area contributed by atoms with Crippen LogP contribution < -0.4 is 5.69 Å². The molecule has 2 aromatic heterocycles. The zero-order valence-electron chi connectivity index (χ0n) is 14.9. The van der Waals surface area contributed by atoms with Crippen LogP contribution in [0.2, 0.25) is 0 Å². The Morgan fingerprint density at radius 2 is 2.04 bits per heavy atom. The molecule has 0 aliphatic carbocycles. The van der Waals surface area contributed by atoms with E-state index in [1.807, 2.05) is 50.7 Å². The predicted octanol–water partition coefficient (Wildman–Crippen LogP) is 2.29. The molecule has 10 heteroatoms. The van der Waals surface area contributed by atoms with E-state index in [1.165, 1.54) is 9.36 Å². The standard InChI is InChI=1S/C16H19N7OS2/c1-11-6-5-7-13(23-16(24)22(3)19-20-23)12(11)10-26-15(25-4)17-14-8-9-21(2)18-14/h5-9H,10H2,1-4H3. The third kappa shape index (κ3) is 3.91. The highest BCUT2D eigenvalue weighted by atomic mass is 32.2. The summed E-state index contributed by atoms with van der Waals surface area (Å²) in [4.78, 5) is 16.8. The van der Waals surface area contributed by atoms with Gasteiger partial charge in [0.1, 0.15) is 4.38 Å². The molecule has 0 saturated carbocycles. The number of benzene rings is 1. The lowest BCUT2D eigenvalue weighted by Crippen LogP contribution is -2.23. The zero-order valence-corrected chi connectivity index (χ0v) is 16.6. The zero-order chi connectivity index (χ0) is 18.7. The number of aliphatic imine (C=N–C) groups is 1. The molecule has 0 unspecified atom stereocenters. The normalized spacial score (nSPS) is 11.9. The van der Waals surface area contributed by atoms with Gasteiger partial charge in [-0.15, -0.1) is 11.8 Å². The molecule has 8 nitrogen and oxygen atoms in total. The smallest absolute Gasteiger partial charge is 0.274 e. The van der Waals surface area contributed by atoms with Gasteiger partial charge in [-0.25, -0.2) is 9.79 Å². The summed E-state index contributed by atoms with van der Waals surface area (Å²) >= 11 is 3.18. The summed E-state index contributed by atoms with van der Waals surface area (Å²) in [5.74, 6) is 1.34. The quantitative estimate of drug-likeness (QED) is 0.503. The molecular formula is C16H19N7OS2. The topological polar surface area (TPSA) is 82.9 Å². The highest BCUT2D eigenvalue weighted by molar-refractivity contribution is 8.38. The second kappa shape index (κ2) is 7.92. The van der Waals surface area contributed by atoms with Gasteiger partial charge in [0, 0.05) is 32.1 Å². The number of nitrogens with zero attached hydrogens (tertiary/aromatic N) is 7. The van der Waals surface area contributed by atoms with Crippen LogP contribution in [0, 0.1) is 6.92 Å². The lowest BCUT2D eigenvalue weighted by Gasteiger charge is -2.11. The number of tetrazole rings is 1. The maximum Gasteiger partial charge on any atom is 0.368 e. The minimum absolute atomic E-state index is 0.269. The second-order valence-electron chi connectivity index (χ2n) is 5.59. The van der Waals surface area contributed by atoms with Gasteiger partial charge < -0.3 is 0 Å². The van der Waals surface area contributed by atoms with Gasteiger partial charge in [0.2, 0.25) is 0 Å². The molecule has 0 spiro atoms. The molecule has 0 aliphatic heterocycles. The van der Waals surface area contributed by atoms with E-state index in [9.17, 15) is 4.79 Å². The van der Waals surface area contributed by atoms with E-state index < -0.39 is 0 Å². The molecular weight excluding hydrogens is 370 g/mol. The summed E-state index contributed by atoms with van der Waals surface area (Å²) < 4.78 is 5.18. The average molecular weight is 390 g/mol. The van der Waals surface area contributed by atoms with E-state index in [1.54, 1.807) is 35.3 Å². The Balaban J connectivity index is 1.89. The van der Waals surface area contributed by atoms with E-state index in [0.29, 0.717) is 11.6 Å². The highest BCUT2D eigenvalue weighted by Gasteiger charge is 2.14. The second-order valence-corrected chi connectivity index (χ2v) is 7.60. The average Bonchev–Trinajstić information content (AvgIpc) is 3.18. The van der Waals surface area contributed by atoms with Crippen molar-refractivity contribution in [1.29, 1.82) is 0 Å². The van der Waals surface area contributed by atoms with Crippen LogP contribution in [0.15, 0.2) is 40.2 Å². The van der Waals surface area contributed by atoms with Gasteiger partial charge in [-0.05, 0) is 40.8 Å². The maximum absolute atomic E-state index is 12.2. The van der Waals surface area contributed by atoms with Crippen molar-refractivity contribution < 1.29 is 0 Å². The molecule has 3 aromatic rings. The number of aromatic nitrogens is 6. The Morgan fingerprint density at radius 3 is 2.65 bits per heavy atom. The largest absolute Gasteiger partial charge is 0.368 e. The van der Waals surface area contributed by atoms with Crippen LogP contribution in [0.1, 0.15) is 11.1 Å². The minimum Gasteiger partial charge on any atom is -0.274 e. The molecule has 2 heterocycles. The Morgan fingerprint density at radius 1 is 1.23 bits per heavy atom. The predicted molar refractivity (Wildman–Crippen MR) is 106 cm³/mol. The molecule has 0 amide bonds. The molecule has 3 rings (SSSR count). The molecule has 1 aromatic carbocycles. The lowest BCUT2D eigenvalue weighted by molar-refractivity contribution is 0.692. The summed E-state index contributed by atoms with van der Waals surface area (Å²) in [7, 11) is 3.45. The number of aryl methyl sites for hydroxylation is 3. The molecule has 0 aliphatic rings. The number of hydrogen-bond donors (Lipinski definition) is 0. The Hall–Kier alpha value is -2.33. The van der Waals surface area contributed by atoms with Gasteiger partial charge in [0.15, 0.2) is 5.82 Å². The van der Waals surface area contributed by atoms with Crippen molar-refractivity contribution in [2.45, 2.75) is 12.7 Å². The monoisotopic (exact) mass is 389 g/mol. The summed E-state index contributed by atoms with van der Waals surface area (Å²) in [6.07, 6.45) is 3.85. The van der Waals surface area contributed by atoms with Crippen LogP contribution in [0.4, 0.5) is 5.82 Å². The van der Waals surface area contributed by atoms with E-state index in [2.05, 4.69) is 20.5 Å². The first-order valence-corrected chi connectivity index (χ1v) is 10.0. The molecule has 26 heavy (non-hydrogen) atoms. The first-order chi connectivity index (χ1) is 12.5. The van der Waals surface area contributed by atoms with Crippen LogP contribution >= 0.6 is 23.5 Å². The molecule has 136 valence electrons. The van der Waals surface area contributed by atoms with Crippen molar-refractivity contribution in [3.05, 3.63) is 52.1 Å². The van der Waals surface area contributed by atoms with Crippen LogP contribution in [0.3, 0.4) is 0 Å². The van der Waals surface area contributed by atoms with Crippen molar-refractivity contribution >= 4 is 33.7 Å². The molecule has 0 bridgehead atoms. The molecule has 0 saturated heterocycles. The first kappa shape index (κ1) is 18.5. The van der Waals surface area contributed by atoms with Crippen molar-refractivity contribution in [3.63, 3.8) is 0 Å². The van der Waals surface area contributed by atoms with Gasteiger partial charge in [0.25, 0.3) is 0 Å². The fourth-order valence-corrected chi connectivity index (χ4v) is 4.00. The van der Waals surface area contributed by atoms with Gasteiger partial charge in [0.05, 0.1) is 5.69 Å². The Labute approximate surface area is 159 Å². The molecule has 0 fully saturated rings. The maximum atomic E-state index is 12.2. The SMILES string of the molecule is CSC(=Nc1ccn(C)n1)SCc1c(C)cccc1-n1nnn(C)c1=O. The summed E-state index contributed by atoms with van der Waals surface area (Å²) in [6, 6.07) is 7.69. The van der Waals surface area contributed by atoms with Crippen LogP contribution in [-0.4, -0.2) is 40.2 Å². The van der Waals surface area contributed by atoms with Crippen molar-refractivity contribution in [2.24, 2.45) is 19.1 Å². The molecule has 0 radical (unpaired) electrons. The third-order valence-corrected chi connectivity index (χ3v) is 5.82. The van der Waals surface area contributed by atoms with Crippen LogP contribution in [-0.2, 0) is 19.8 Å². The van der Waals surface area contributed by atoms with E-state index in [4.69, 9.17) is 0 Å². The van der Waals surface area contributed by atoms with Crippen LogP contribution in [0.5, 0.6) is 0 Å². The summed E-state index contributed by atoms with van der Waals surface area (Å²) in [6.45, 7) is 2.02. The van der Waals surface area contributed by atoms with Crippen LogP contribution in [0.25, 0.3) is 5.69 Å². The van der Waals surface area contributed by atoms with Gasteiger partial charge in [-0.2, -0.15) is 14.5 Å². The minimum atomic E-state index is -0.269. The fraction of sp³-hybridized carbons (Fsp3) is 0.312. The highest BCUT2D eigenvalue weighted by Crippen LogP contribution is 2.27. The van der Waals surface area contributed by atoms with Gasteiger partial charge in [-0.1, -0.05) is 23.9 Å². The lowest BCUT2D eigenvalue weighted by atomic mass is 10.1. The Kier molecular flexibility index (Phi) is 5.62. The van der Waals surface area contributed by atoms with Crippen molar-refractivity contribution in [2.75, 3.05) is 6.26 Å². The van der Waals surface area contributed by atoms with E-state index >= 15 is 0 Å². The van der Waals surface area contributed by atoms with Crippen molar-refractivity contribution in [3.8, 4) is 5.69 Å². The summed E-state index contributed by atoms with van der Waals surface area (Å²) in [5.41, 5.74) is 2.59. The van der Waals surface area contributed by atoms with Crippen molar-refractivity contribution in [1.82, 2.24) is 29.6 Å². The third-order valence-electron chi connectivity index (χ3n) is 3.76. The number of rotatable bonds is 4. The summed E-state index contributed by atoms with van der Waals surface area (Å²) in [5, 5.41) is 12.1. The fourth-order valence-electron chi connectivity index (χ4n) is 2.36. The number of hydrogen-bond acceptors (Lipinski definition) is 7. The van der Waals surface area contributed by atoms with E-state index in [0.717, 1.165) is 21.2 Å². The Bertz CT molecular complexity index is 1000. The van der Waals surface area contributed by atoms with Gasteiger partial charge in [-0.3, -0.25) is 4.68 Å². The molecule has 0 atom stereocenters. The number of thioether (sulfide) groups is 2.